The second-order valence-electron chi connectivity index (χ2n) is 5.66. The number of nitrogens with zero attached hydrogens (tertiary/aromatic N) is 1. The van der Waals surface area contributed by atoms with Crippen molar-refractivity contribution in [2.75, 3.05) is 20.3 Å². The molecular formula is C17H24N2O4. The van der Waals surface area contributed by atoms with E-state index in [1.54, 1.807) is 12.0 Å². The molecule has 6 nitrogen and oxygen atoms in total. The lowest BCUT2D eigenvalue weighted by molar-refractivity contribution is -0.137. The Labute approximate surface area is 136 Å². The van der Waals surface area contributed by atoms with E-state index in [0.717, 1.165) is 18.4 Å². The third-order valence-corrected chi connectivity index (χ3v) is 4.02. The molecule has 0 spiro atoms. The summed E-state index contributed by atoms with van der Waals surface area (Å²) in [7, 11) is 1.59. The van der Waals surface area contributed by atoms with Crippen molar-refractivity contribution in [2.45, 2.75) is 38.3 Å². The Morgan fingerprint density at radius 1 is 1.39 bits per heavy atom. The molecule has 1 fully saturated rings. The van der Waals surface area contributed by atoms with E-state index in [1.165, 1.54) is 0 Å². The molecule has 23 heavy (non-hydrogen) atoms. The summed E-state index contributed by atoms with van der Waals surface area (Å²) in [6, 6.07) is 6.97. The number of ether oxygens (including phenoxy) is 1. The molecule has 1 heterocycles. The average Bonchev–Trinajstić information content (AvgIpc) is 2.78. The number of methoxy groups -OCH3 is 1. The molecule has 1 atom stereocenters. The van der Waals surface area contributed by atoms with Gasteiger partial charge in [0.1, 0.15) is 11.8 Å². The molecule has 0 saturated carbocycles. The molecule has 1 saturated heterocycles. The van der Waals surface area contributed by atoms with Crippen LogP contribution in [0, 0.1) is 0 Å². The van der Waals surface area contributed by atoms with E-state index in [0.29, 0.717) is 25.1 Å². The van der Waals surface area contributed by atoms with Crippen molar-refractivity contribution < 1.29 is 19.4 Å². The summed E-state index contributed by atoms with van der Waals surface area (Å²) in [4.78, 5) is 26.0. The Morgan fingerprint density at radius 3 is 2.91 bits per heavy atom. The molecule has 2 amide bonds. The average molecular weight is 320 g/mol. The quantitative estimate of drug-likeness (QED) is 0.822. The van der Waals surface area contributed by atoms with Crippen LogP contribution in [0.25, 0.3) is 0 Å². The van der Waals surface area contributed by atoms with Crippen molar-refractivity contribution in [1.29, 1.82) is 0 Å². The zero-order valence-corrected chi connectivity index (χ0v) is 13.5. The Morgan fingerprint density at radius 2 is 2.17 bits per heavy atom. The summed E-state index contributed by atoms with van der Waals surface area (Å²) >= 11 is 0. The van der Waals surface area contributed by atoms with E-state index in [-0.39, 0.29) is 25.0 Å². The highest BCUT2D eigenvalue weighted by Crippen LogP contribution is 2.20. The number of carbonyl (C=O) groups excluding carboxylic acids is 2. The summed E-state index contributed by atoms with van der Waals surface area (Å²) in [5.74, 6) is 0.468. The van der Waals surface area contributed by atoms with Crippen LogP contribution in [0.15, 0.2) is 24.3 Å². The maximum Gasteiger partial charge on any atom is 0.245 e. The molecule has 1 aliphatic rings. The molecule has 0 radical (unpaired) electrons. The minimum atomic E-state index is -0.508. The number of benzene rings is 1. The van der Waals surface area contributed by atoms with Gasteiger partial charge in [-0.25, -0.2) is 0 Å². The molecular weight excluding hydrogens is 296 g/mol. The van der Waals surface area contributed by atoms with Crippen LogP contribution in [0.1, 0.15) is 31.2 Å². The van der Waals surface area contributed by atoms with E-state index in [1.807, 2.05) is 24.3 Å². The number of para-hydroxylation sites is 1. The number of aliphatic hydroxyl groups is 1. The van der Waals surface area contributed by atoms with Gasteiger partial charge in [0, 0.05) is 25.1 Å². The molecule has 6 heteroatoms. The molecule has 0 bridgehead atoms. The molecule has 2 rings (SSSR count). The summed E-state index contributed by atoms with van der Waals surface area (Å²) in [6.45, 7) is 0.445. The van der Waals surface area contributed by atoms with Crippen LogP contribution in [-0.2, 0) is 16.1 Å². The third kappa shape index (κ3) is 4.69. The molecule has 1 aromatic rings. The van der Waals surface area contributed by atoms with Gasteiger partial charge in [0.05, 0.1) is 13.7 Å². The number of amides is 2. The summed E-state index contributed by atoms with van der Waals surface area (Å²) < 4.78 is 5.32. The molecule has 0 aliphatic carbocycles. The van der Waals surface area contributed by atoms with Gasteiger partial charge in [-0.15, -0.1) is 0 Å². The highest BCUT2D eigenvalue weighted by atomic mass is 16.5. The van der Waals surface area contributed by atoms with Crippen molar-refractivity contribution in [1.82, 2.24) is 10.2 Å². The van der Waals surface area contributed by atoms with E-state index in [2.05, 4.69) is 5.32 Å². The van der Waals surface area contributed by atoms with Gasteiger partial charge in [0.15, 0.2) is 0 Å². The Bertz CT molecular complexity index is 547. The van der Waals surface area contributed by atoms with E-state index in [9.17, 15) is 14.7 Å². The van der Waals surface area contributed by atoms with Crippen LogP contribution >= 0.6 is 0 Å². The smallest absolute Gasteiger partial charge is 0.245 e. The second-order valence-corrected chi connectivity index (χ2v) is 5.66. The highest BCUT2D eigenvalue weighted by Gasteiger charge is 2.27. The number of hydrogen-bond acceptors (Lipinski definition) is 4. The van der Waals surface area contributed by atoms with Crippen LogP contribution in [0.5, 0.6) is 5.75 Å². The standard InChI is InChI=1S/C17H24N2O4/c1-23-15-8-4-2-6-13(15)12-19(10-11-20)17(22)14-7-3-5-9-16(21)18-14/h2,4,6,8,14,20H,3,5,7,9-12H2,1H3,(H,18,21). The lowest BCUT2D eigenvalue weighted by Gasteiger charge is -2.27. The number of carbonyl (C=O) groups is 2. The number of nitrogens with one attached hydrogen (secondary N) is 1. The highest BCUT2D eigenvalue weighted by molar-refractivity contribution is 5.88. The first-order chi connectivity index (χ1) is 11.2. The van der Waals surface area contributed by atoms with Crippen LogP contribution in [0.2, 0.25) is 0 Å². The number of aliphatic hydroxyl groups excluding tert-OH is 1. The predicted molar refractivity (Wildman–Crippen MR) is 85.9 cm³/mol. The van der Waals surface area contributed by atoms with Crippen LogP contribution in [-0.4, -0.2) is 48.1 Å². The molecule has 126 valence electrons. The minimum absolute atomic E-state index is 0.0814. The third-order valence-electron chi connectivity index (χ3n) is 4.02. The van der Waals surface area contributed by atoms with Crippen LogP contribution < -0.4 is 10.1 Å². The zero-order valence-electron chi connectivity index (χ0n) is 13.5. The first-order valence-corrected chi connectivity index (χ1v) is 7.96. The Hall–Kier alpha value is -2.08. The van der Waals surface area contributed by atoms with Gasteiger partial charge in [-0.2, -0.15) is 0 Å². The largest absolute Gasteiger partial charge is 0.496 e. The van der Waals surface area contributed by atoms with Crippen LogP contribution in [0.3, 0.4) is 0 Å². The second kappa shape index (κ2) is 8.53. The fourth-order valence-corrected chi connectivity index (χ4v) is 2.81. The first kappa shape index (κ1) is 17.3. The predicted octanol–water partition coefficient (Wildman–Crippen LogP) is 1.07. The molecule has 1 unspecified atom stereocenters. The molecule has 1 aliphatic heterocycles. The Balaban J connectivity index is 2.13. The van der Waals surface area contributed by atoms with E-state index >= 15 is 0 Å². The molecule has 0 aromatic heterocycles. The van der Waals surface area contributed by atoms with Gasteiger partial charge in [0.2, 0.25) is 11.8 Å². The van der Waals surface area contributed by atoms with Gasteiger partial charge in [0.25, 0.3) is 0 Å². The maximum atomic E-state index is 12.7. The summed E-state index contributed by atoms with van der Waals surface area (Å²) in [5.41, 5.74) is 0.872. The number of rotatable bonds is 6. The lowest BCUT2D eigenvalue weighted by atomic mass is 10.1. The zero-order chi connectivity index (χ0) is 16.7. The van der Waals surface area contributed by atoms with Gasteiger partial charge in [-0.1, -0.05) is 24.6 Å². The van der Waals surface area contributed by atoms with Gasteiger partial charge in [-0.05, 0) is 18.9 Å². The summed E-state index contributed by atoms with van der Waals surface area (Å²) in [6.07, 6.45) is 2.76. The van der Waals surface area contributed by atoms with Crippen LogP contribution in [0.4, 0.5) is 0 Å². The van der Waals surface area contributed by atoms with Crippen molar-refractivity contribution in [3.8, 4) is 5.75 Å². The topological polar surface area (TPSA) is 78.9 Å². The van der Waals surface area contributed by atoms with E-state index < -0.39 is 6.04 Å². The first-order valence-electron chi connectivity index (χ1n) is 7.96. The van der Waals surface area contributed by atoms with Gasteiger partial charge >= 0.3 is 0 Å². The van der Waals surface area contributed by atoms with Crippen molar-refractivity contribution >= 4 is 11.8 Å². The monoisotopic (exact) mass is 320 g/mol. The molecule has 2 N–H and O–H groups in total. The SMILES string of the molecule is COc1ccccc1CN(CCO)C(=O)C1CCCCC(=O)N1. The van der Waals surface area contributed by atoms with Crippen molar-refractivity contribution in [3.63, 3.8) is 0 Å². The Kier molecular flexibility index (Phi) is 6.40. The lowest BCUT2D eigenvalue weighted by Crippen LogP contribution is -2.48. The number of hydrogen-bond donors (Lipinski definition) is 2. The minimum Gasteiger partial charge on any atom is -0.496 e. The normalized spacial score (nSPS) is 18.0. The van der Waals surface area contributed by atoms with Gasteiger partial charge in [-0.3, -0.25) is 9.59 Å². The fraction of sp³-hybridized carbons (Fsp3) is 0.529. The van der Waals surface area contributed by atoms with Crippen molar-refractivity contribution in [3.05, 3.63) is 29.8 Å². The summed E-state index contributed by atoms with van der Waals surface area (Å²) in [5, 5.41) is 12.1. The molecule has 1 aromatic carbocycles. The maximum absolute atomic E-state index is 12.7. The van der Waals surface area contributed by atoms with E-state index in [4.69, 9.17) is 4.74 Å². The van der Waals surface area contributed by atoms with Crippen molar-refractivity contribution in [2.24, 2.45) is 0 Å². The van der Waals surface area contributed by atoms with Gasteiger partial charge < -0.3 is 20.1 Å². The fourth-order valence-electron chi connectivity index (χ4n) is 2.81.